The van der Waals surface area contributed by atoms with Gasteiger partial charge in [-0.15, -0.1) is 0 Å². The first-order valence-corrected chi connectivity index (χ1v) is 8.94. The van der Waals surface area contributed by atoms with Crippen molar-refractivity contribution in [1.29, 1.82) is 0 Å². The van der Waals surface area contributed by atoms with Crippen LogP contribution in [-0.4, -0.2) is 24.0 Å². The normalized spacial score (nSPS) is 10.4. The first-order valence-electron chi connectivity index (χ1n) is 8.94. The van der Waals surface area contributed by atoms with Crippen LogP contribution in [0.2, 0.25) is 0 Å². The minimum Gasteiger partial charge on any atom is -0.441 e. The Hall–Kier alpha value is -3.61. The number of oxazole rings is 1. The zero-order valence-corrected chi connectivity index (χ0v) is 15.8. The standard InChI is InChI=1S/C21H22N4O3/c1-14-6-8-15(9-7-14)18-13-23-20(28-18)11-10-19(26)24-16-4-3-5-17(12-16)25-21(27)22-2/h3-9,12-13H,10-11H2,1-2H3,(H,24,26)(H2,22,25,27). The topological polar surface area (TPSA) is 96.3 Å². The Morgan fingerprint density at radius 1 is 1.04 bits per heavy atom. The van der Waals surface area contributed by atoms with E-state index in [0.29, 0.717) is 29.4 Å². The van der Waals surface area contributed by atoms with Crippen LogP contribution < -0.4 is 16.0 Å². The summed E-state index contributed by atoms with van der Waals surface area (Å²) in [6, 6.07) is 14.6. The average molecular weight is 378 g/mol. The summed E-state index contributed by atoms with van der Waals surface area (Å²) in [6.45, 7) is 2.03. The Kier molecular flexibility index (Phi) is 6.06. The third-order valence-electron chi connectivity index (χ3n) is 4.09. The number of hydrogen-bond donors (Lipinski definition) is 3. The fourth-order valence-corrected chi connectivity index (χ4v) is 2.59. The molecule has 2 aromatic carbocycles. The summed E-state index contributed by atoms with van der Waals surface area (Å²) >= 11 is 0. The maximum atomic E-state index is 12.2. The van der Waals surface area contributed by atoms with Crippen LogP contribution in [0.5, 0.6) is 0 Å². The molecule has 0 fully saturated rings. The van der Waals surface area contributed by atoms with E-state index in [2.05, 4.69) is 20.9 Å². The lowest BCUT2D eigenvalue weighted by Gasteiger charge is -2.08. The highest BCUT2D eigenvalue weighted by atomic mass is 16.4. The number of carbonyl (C=O) groups excluding carboxylic acids is 2. The first kappa shape index (κ1) is 19.2. The molecule has 0 radical (unpaired) electrons. The second-order valence-corrected chi connectivity index (χ2v) is 6.32. The second-order valence-electron chi connectivity index (χ2n) is 6.32. The van der Waals surface area contributed by atoms with Crippen LogP contribution in [-0.2, 0) is 11.2 Å². The number of amides is 3. The molecule has 0 atom stereocenters. The minimum absolute atomic E-state index is 0.160. The van der Waals surface area contributed by atoms with Gasteiger partial charge in [-0.1, -0.05) is 35.9 Å². The molecule has 0 aliphatic heterocycles. The Labute approximate surface area is 163 Å². The number of nitrogens with one attached hydrogen (secondary N) is 3. The van der Waals surface area contributed by atoms with Crippen molar-refractivity contribution < 1.29 is 14.0 Å². The molecule has 0 bridgehead atoms. The van der Waals surface area contributed by atoms with Crippen LogP contribution in [0.15, 0.2) is 59.1 Å². The SMILES string of the molecule is CNC(=O)Nc1cccc(NC(=O)CCc2ncc(-c3ccc(C)cc3)o2)c1. The maximum absolute atomic E-state index is 12.2. The van der Waals surface area contributed by atoms with Crippen molar-refractivity contribution >= 4 is 23.3 Å². The number of carbonyl (C=O) groups is 2. The smallest absolute Gasteiger partial charge is 0.318 e. The third kappa shape index (κ3) is 5.20. The highest BCUT2D eigenvalue weighted by Gasteiger charge is 2.10. The fourth-order valence-electron chi connectivity index (χ4n) is 2.59. The number of nitrogens with zero attached hydrogens (tertiary/aromatic N) is 1. The molecule has 144 valence electrons. The first-order chi connectivity index (χ1) is 13.5. The van der Waals surface area contributed by atoms with Gasteiger partial charge in [0.2, 0.25) is 5.91 Å². The van der Waals surface area contributed by atoms with Crippen LogP contribution in [0.3, 0.4) is 0 Å². The van der Waals surface area contributed by atoms with E-state index in [1.165, 1.54) is 12.6 Å². The molecule has 28 heavy (non-hydrogen) atoms. The summed E-state index contributed by atoms with van der Waals surface area (Å²) in [7, 11) is 1.54. The monoisotopic (exact) mass is 378 g/mol. The van der Waals surface area contributed by atoms with Crippen LogP contribution >= 0.6 is 0 Å². The molecule has 3 aromatic rings. The van der Waals surface area contributed by atoms with E-state index >= 15 is 0 Å². The van der Waals surface area contributed by atoms with Gasteiger partial charge in [0.1, 0.15) is 0 Å². The number of rotatable bonds is 6. The predicted octanol–water partition coefficient (Wildman–Crippen LogP) is 3.97. The molecule has 3 rings (SSSR count). The lowest BCUT2D eigenvalue weighted by molar-refractivity contribution is -0.116. The summed E-state index contributed by atoms with van der Waals surface area (Å²) in [5.41, 5.74) is 3.32. The summed E-state index contributed by atoms with van der Waals surface area (Å²) in [5, 5.41) is 7.94. The van der Waals surface area contributed by atoms with Gasteiger partial charge in [0.25, 0.3) is 0 Å². The van der Waals surface area contributed by atoms with Crippen molar-refractivity contribution in [3.8, 4) is 11.3 Å². The van der Waals surface area contributed by atoms with Crippen molar-refractivity contribution in [1.82, 2.24) is 10.3 Å². The summed E-state index contributed by atoms with van der Waals surface area (Å²) < 4.78 is 5.74. The van der Waals surface area contributed by atoms with Gasteiger partial charge in [0.05, 0.1) is 6.20 Å². The van der Waals surface area contributed by atoms with Crippen molar-refractivity contribution in [3.05, 3.63) is 66.2 Å². The van der Waals surface area contributed by atoms with E-state index in [1.807, 2.05) is 31.2 Å². The minimum atomic E-state index is -0.322. The lowest BCUT2D eigenvalue weighted by atomic mass is 10.1. The van der Waals surface area contributed by atoms with Crippen molar-refractivity contribution in [2.75, 3.05) is 17.7 Å². The average Bonchev–Trinajstić information content (AvgIpc) is 3.16. The molecular weight excluding hydrogens is 356 g/mol. The van der Waals surface area contributed by atoms with Gasteiger partial charge in [0, 0.05) is 36.8 Å². The summed E-state index contributed by atoms with van der Waals surface area (Å²) in [6.07, 6.45) is 2.31. The van der Waals surface area contributed by atoms with Gasteiger partial charge in [-0.3, -0.25) is 4.79 Å². The molecule has 0 unspecified atom stereocenters. The van der Waals surface area contributed by atoms with E-state index in [0.717, 1.165) is 5.56 Å². The van der Waals surface area contributed by atoms with Gasteiger partial charge in [-0.25, -0.2) is 9.78 Å². The van der Waals surface area contributed by atoms with Crippen LogP contribution in [0.1, 0.15) is 17.9 Å². The number of aryl methyl sites for hydroxylation is 2. The fraction of sp³-hybridized carbons (Fsp3) is 0.190. The van der Waals surface area contributed by atoms with Crippen molar-refractivity contribution in [2.45, 2.75) is 19.8 Å². The molecule has 0 saturated heterocycles. The quantitative estimate of drug-likeness (QED) is 0.605. The Morgan fingerprint density at radius 3 is 2.46 bits per heavy atom. The molecule has 3 amide bonds. The predicted molar refractivity (Wildman–Crippen MR) is 108 cm³/mol. The number of aromatic nitrogens is 1. The number of benzene rings is 2. The molecule has 1 heterocycles. The van der Waals surface area contributed by atoms with Crippen LogP contribution in [0, 0.1) is 6.92 Å². The number of anilines is 2. The van der Waals surface area contributed by atoms with E-state index < -0.39 is 0 Å². The van der Waals surface area contributed by atoms with E-state index in [-0.39, 0.29) is 18.4 Å². The van der Waals surface area contributed by atoms with Crippen molar-refractivity contribution in [3.63, 3.8) is 0 Å². The molecule has 7 heteroatoms. The van der Waals surface area contributed by atoms with E-state index in [4.69, 9.17) is 4.42 Å². The van der Waals surface area contributed by atoms with E-state index in [9.17, 15) is 9.59 Å². The summed E-state index contributed by atoms with van der Waals surface area (Å²) in [4.78, 5) is 27.8. The Bertz CT molecular complexity index is 964. The number of urea groups is 1. The van der Waals surface area contributed by atoms with E-state index in [1.54, 1.807) is 30.5 Å². The third-order valence-corrected chi connectivity index (χ3v) is 4.09. The van der Waals surface area contributed by atoms with Crippen LogP contribution in [0.4, 0.5) is 16.2 Å². The highest BCUT2D eigenvalue weighted by Crippen LogP contribution is 2.21. The lowest BCUT2D eigenvalue weighted by Crippen LogP contribution is -2.24. The molecule has 0 aliphatic carbocycles. The zero-order chi connectivity index (χ0) is 19.9. The van der Waals surface area contributed by atoms with Gasteiger partial charge >= 0.3 is 6.03 Å². The van der Waals surface area contributed by atoms with Gasteiger partial charge < -0.3 is 20.4 Å². The van der Waals surface area contributed by atoms with Gasteiger partial charge in [0.15, 0.2) is 11.7 Å². The van der Waals surface area contributed by atoms with Gasteiger partial charge in [-0.2, -0.15) is 0 Å². The second kappa shape index (κ2) is 8.85. The number of hydrogen-bond acceptors (Lipinski definition) is 4. The largest absolute Gasteiger partial charge is 0.441 e. The maximum Gasteiger partial charge on any atom is 0.318 e. The molecule has 7 nitrogen and oxygen atoms in total. The molecule has 0 spiro atoms. The van der Waals surface area contributed by atoms with Gasteiger partial charge in [-0.05, 0) is 25.1 Å². The summed E-state index contributed by atoms with van der Waals surface area (Å²) in [5.74, 6) is 1.04. The molecule has 0 aliphatic rings. The highest BCUT2D eigenvalue weighted by molar-refractivity contribution is 5.93. The molecule has 0 saturated carbocycles. The zero-order valence-electron chi connectivity index (χ0n) is 15.8. The Morgan fingerprint density at radius 2 is 1.75 bits per heavy atom. The Balaban J connectivity index is 1.54. The molecular formula is C21H22N4O3. The van der Waals surface area contributed by atoms with Crippen LogP contribution in [0.25, 0.3) is 11.3 Å². The van der Waals surface area contributed by atoms with Crippen molar-refractivity contribution in [2.24, 2.45) is 0 Å². The molecule has 1 aromatic heterocycles. The molecule has 3 N–H and O–H groups in total.